The van der Waals surface area contributed by atoms with Crippen LogP contribution in [-0.4, -0.2) is 60.0 Å². The Kier molecular flexibility index (Phi) is 2.90. The lowest BCUT2D eigenvalue weighted by Gasteiger charge is -2.17. The second-order valence-electron chi connectivity index (χ2n) is 3.54. The van der Waals surface area contributed by atoms with E-state index >= 15 is 0 Å². The molecular weight excluding hydrogens is 174 g/mol. The highest BCUT2D eigenvalue weighted by Gasteiger charge is 2.44. The van der Waals surface area contributed by atoms with E-state index in [4.69, 9.17) is 5.11 Å². The summed E-state index contributed by atoms with van der Waals surface area (Å²) < 4.78 is 4.57. The third kappa shape index (κ3) is 1.99. The number of β-amino-alcohol motifs (C(OH)–C–C–N with tert-alkyl or cyclic N) is 1. The average molecular weight is 189 g/mol. The number of carbonyl (C=O) groups excluding carboxylic acids is 1. The van der Waals surface area contributed by atoms with Crippen molar-refractivity contribution in [2.75, 3.05) is 27.3 Å². The highest BCUT2D eigenvalue weighted by molar-refractivity contribution is 5.76. The van der Waals surface area contributed by atoms with E-state index in [1.165, 1.54) is 7.11 Å². The molecule has 0 aromatic rings. The summed E-state index contributed by atoms with van der Waals surface area (Å²) in [4.78, 5) is 12.9. The number of rotatable bonds is 2. The average Bonchev–Trinajstić information content (AvgIpc) is 2.42. The first-order valence-corrected chi connectivity index (χ1v) is 4.14. The van der Waals surface area contributed by atoms with Gasteiger partial charge in [0.1, 0.15) is 11.6 Å². The highest BCUT2D eigenvalue weighted by Crippen LogP contribution is 2.25. The van der Waals surface area contributed by atoms with Gasteiger partial charge in [-0.1, -0.05) is 0 Å². The Hall–Kier alpha value is -0.650. The Morgan fingerprint density at radius 1 is 1.77 bits per heavy atom. The molecule has 1 aliphatic heterocycles. The Morgan fingerprint density at radius 2 is 2.38 bits per heavy atom. The molecule has 1 fully saturated rings. The van der Waals surface area contributed by atoms with Crippen molar-refractivity contribution in [3.63, 3.8) is 0 Å². The van der Waals surface area contributed by atoms with Crippen molar-refractivity contribution >= 4 is 5.97 Å². The van der Waals surface area contributed by atoms with Crippen molar-refractivity contribution in [2.45, 2.75) is 18.1 Å². The third-order valence-electron chi connectivity index (χ3n) is 2.42. The molecule has 0 bridgehead atoms. The van der Waals surface area contributed by atoms with Crippen molar-refractivity contribution in [1.82, 2.24) is 4.90 Å². The van der Waals surface area contributed by atoms with Gasteiger partial charge >= 0.3 is 5.97 Å². The van der Waals surface area contributed by atoms with Gasteiger partial charge in [0.25, 0.3) is 0 Å². The number of methoxy groups -OCH3 is 1. The molecule has 76 valence electrons. The fourth-order valence-corrected chi connectivity index (χ4v) is 1.67. The molecule has 0 amide bonds. The monoisotopic (exact) mass is 189 g/mol. The van der Waals surface area contributed by atoms with E-state index in [0.29, 0.717) is 6.54 Å². The number of likely N-dealkylation sites (N-methyl/N-ethyl adjacent to an activating group) is 1. The second kappa shape index (κ2) is 3.61. The van der Waals surface area contributed by atoms with Crippen molar-refractivity contribution in [3.05, 3.63) is 0 Å². The molecule has 1 unspecified atom stereocenters. The Balaban J connectivity index is 2.66. The number of ether oxygens (including phenoxy) is 1. The van der Waals surface area contributed by atoms with Crippen molar-refractivity contribution in [2.24, 2.45) is 0 Å². The maximum absolute atomic E-state index is 11.2. The number of hydrogen-bond donors (Lipinski definition) is 2. The number of likely N-dealkylation sites (tertiary alicyclic amines) is 1. The maximum atomic E-state index is 11.2. The Morgan fingerprint density at radius 3 is 2.77 bits per heavy atom. The summed E-state index contributed by atoms with van der Waals surface area (Å²) in [6.45, 7) is -0.0336. The standard InChI is InChI=1S/C8H15NO4/c1-9-4-8(12,5-10)3-6(9)7(11)13-2/h6,10,12H,3-5H2,1-2H3/t6-,8?/m0/s1. The van der Waals surface area contributed by atoms with Crippen molar-refractivity contribution < 1.29 is 19.7 Å². The summed E-state index contributed by atoms with van der Waals surface area (Å²) in [5, 5.41) is 18.6. The van der Waals surface area contributed by atoms with Gasteiger partial charge in [-0.2, -0.15) is 0 Å². The molecule has 13 heavy (non-hydrogen) atoms. The number of aliphatic hydroxyl groups is 2. The molecule has 5 nitrogen and oxygen atoms in total. The van der Waals surface area contributed by atoms with Crippen LogP contribution in [0.15, 0.2) is 0 Å². The summed E-state index contributed by atoms with van der Waals surface area (Å²) in [6, 6.07) is -0.442. The van der Waals surface area contributed by atoms with E-state index in [-0.39, 0.29) is 19.0 Å². The van der Waals surface area contributed by atoms with Crippen LogP contribution < -0.4 is 0 Å². The molecule has 1 aliphatic rings. The van der Waals surface area contributed by atoms with Crippen LogP contribution in [-0.2, 0) is 9.53 Å². The molecule has 5 heteroatoms. The van der Waals surface area contributed by atoms with Crippen molar-refractivity contribution in [1.29, 1.82) is 0 Å². The minimum atomic E-state index is -1.16. The summed E-state index contributed by atoms with van der Waals surface area (Å²) in [5.74, 6) is -0.369. The summed E-state index contributed by atoms with van der Waals surface area (Å²) in [5.41, 5.74) is -1.16. The summed E-state index contributed by atoms with van der Waals surface area (Å²) in [6.07, 6.45) is 0.229. The first kappa shape index (κ1) is 10.4. The number of aliphatic hydroxyl groups excluding tert-OH is 1. The van der Waals surface area contributed by atoms with Gasteiger partial charge in [-0.3, -0.25) is 9.69 Å². The Labute approximate surface area is 76.9 Å². The molecule has 0 aromatic heterocycles. The Bertz CT molecular complexity index is 208. The molecular formula is C8H15NO4. The molecule has 0 spiro atoms. The normalized spacial score (nSPS) is 34.9. The maximum Gasteiger partial charge on any atom is 0.323 e. The smallest absolute Gasteiger partial charge is 0.323 e. The fraction of sp³-hybridized carbons (Fsp3) is 0.875. The van der Waals surface area contributed by atoms with Crippen LogP contribution in [0.4, 0.5) is 0 Å². The van der Waals surface area contributed by atoms with E-state index in [0.717, 1.165) is 0 Å². The highest BCUT2D eigenvalue weighted by atomic mass is 16.5. The van der Waals surface area contributed by atoms with E-state index < -0.39 is 11.6 Å². The molecule has 0 aliphatic carbocycles. The van der Waals surface area contributed by atoms with Gasteiger partial charge < -0.3 is 14.9 Å². The van der Waals surface area contributed by atoms with Crippen LogP contribution >= 0.6 is 0 Å². The largest absolute Gasteiger partial charge is 0.468 e. The SMILES string of the molecule is COC(=O)[C@@H]1CC(O)(CO)CN1C. The minimum Gasteiger partial charge on any atom is -0.468 e. The van der Waals surface area contributed by atoms with Crippen LogP contribution in [0.3, 0.4) is 0 Å². The zero-order chi connectivity index (χ0) is 10.1. The number of nitrogens with zero attached hydrogens (tertiary/aromatic N) is 1. The molecule has 0 radical (unpaired) electrons. The van der Waals surface area contributed by atoms with Crippen molar-refractivity contribution in [3.8, 4) is 0 Å². The zero-order valence-corrected chi connectivity index (χ0v) is 7.86. The first-order valence-electron chi connectivity index (χ1n) is 4.14. The molecule has 0 saturated carbocycles. The molecule has 0 aromatic carbocycles. The lowest BCUT2D eigenvalue weighted by molar-refractivity contribution is -0.145. The van der Waals surface area contributed by atoms with Gasteiger partial charge in [-0.15, -0.1) is 0 Å². The van der Waals surface area contributed by atoms with Crippen LogP contribution in [0.25, 0.3) is 0 Å². The molecule has 2 atom stereocenters. The van der Waals surface area contributed by atoms with Gasteiger partial charge in [0.2, 0.25) is 0 Å². The predicted octanol–water partition coefficient (Wildman–Crippen LogP) is -1.41. The number of carbonyl (C=O) groups is 1. The lowest BCUT2D eigenvalue weighted by Crippen LogP contribution is -2.35. The topological polar surface area (TPSA) is 70.0 Å². The molecule has 1 heterocycles. The third-order valence-corrected chi connectivity index (χ3v) is 2.42. The predicted molar refractivity (Wildman–Crippen MR) is 45.1 cm³/mol. The van der Waals surface area contributed by atoms with E-state index in [1.54, 1.807) is 11.9 Å². The van der Waals surface area contributed by atoms with Gasteiger partial charge in [-0.25, -0.2) is 0 Å². The zero-order valence-electron chi connectivity index (χ0n) is 7.86. The van der Waals surface area contributed by atoms with Gasteiger partial charge in [0.15, 0.2) is 0 Å². The van der Waals surface area contributed by atoms with Gasteiger partial charge in [0.05, 0.1) is 13.7 Å². The van der Waals surface area contributed by atoms with Gasteiger partial charge in [-0.05, 0) is 7.05 Å². The molecule has 1 saturated heterocycles. The second-order valence-corrected chi connectivity index (χ2v) is 3.54. The number of esters is 1. The van der Waals surface area contributed by atoms with Crippen LogP contribution in [0.5, 0.6) is 0 Å². The van der Waals surface area contributed by atoms with E-state index in [2.05, 4.69) is 4.74 Å². The van der Waals surface area contributed by atoms with Gasteiger partial charge in [0, 0.05) is 13.0 Å². The first-order chi connectivity index (χ1) is 6.02. The quantitative estimate of drug-likeness (QED) is 0.522. The molecule has 2 N–H and O–H groups in total. The minimum absolute atomic E-state index is 0.229. The van der Waals surface area contributed by atoms with Crippen LogP contribution in [0.1, 0.15) is 6.42 Å². The summed E-state index contributed by atoms with van der Waals surface area (Å²) >= 11 is 0. The fourth-order valence-electron chi connectivity index (χ4n) is 1.67. The van der Waals surface area contributed by atoms with Crippen LogP contribution in [0.2, 0.25) is 0 Å². The lowest BCUT2D eigenvalue weighted by atomic mass is 10.0. The summed E-state index contributed by atoms with van der Waals surface area (Å²) in [7, 11) is 3.03. The molecule has 1 rings (SSSR count). The van der Waals surface area contributed by atoms with Crippen LogP contribution in [0, 0.1) is 0 Å². The van der Waals surface area contributed by atoms with E-state index in [9.17, 15) is 9.90 Å². The number of hydrogen-bond acceptors (Lipinski definition) is 5. The van der Waals surface area contributed by atoms with E-state index in [1.807, 2.05) is 0 Å².